The lowest BCUT2D eigenvalue weighted by molar-refractivity contribution is -0.145. The molecule has 0 bridgehead atoms. The molecule has 0 saturated heterocycles. The number of nitrogens with zero attached hydrogens (tertiary/aromatic N) is 4. The quantitative estimate of drug-likeness (QED) is 0.847. The average Bonchev–Trinajstić information content (AvgIpc) is 2.84. The molecule has 0 aliphatic rings. The topological polar surface area (TPSA) is 54.5 Å². The van der Waals surface area contributed by atoms with Crippen LogP contribution in [0.5, 0.6) is 0 Å². The summed E-state index contributed by atoms with van der Waals surface area (Å²) in [7, 11) is 0. The van der Waals surface area contributed by atoms with Crippen molar-refractivity contribution < 1.29 is 13.2 Å². The highest BCUT2D eigenvalue weighted by atomic mass is 19.4. The first kappa shape index (κ1) is 14.1. The van der Waals surface area contributed by atoms with E-state index in [0.29, 0.717) is 11.1 Å². The Bertz CT molecular complexity index is 648. The zero-order chi connectivity index (χ0) is 14.9. The highest BCUT2D eigenvalue weighted by molar-refractivity contribution is 5.57. The summed E-state index contributed by atoms with van der Waals surface area (Å²) in [6.45, 7) is 3.45. The van der Waals surface area contributed by atoms with E-state index in [4.69, 9.17) is 5.26 Å². The fourth-order valence-electron chi connectivity index (χ4n) is 1.69. The lowest BCUT2D eigenvalue weighted by atomic mass is 10.1. The van der Waals surface area contributed by atoms with Gasteiger partial charge in [0.25, 0.3) is 5.82 Å². The molecular formula is C13H11F3N4. The molecule has 104 valence electrons. The second-order valence-electron chi connectivity index (χ2n) is 4.48. The second-order valence-corrected chi connectivity index (χ2v) is 4.48. The van der Waals surface area contributed by atoms with Crippen LogP contribution in [0.4, 0.5) is 13.2 Å². The molecule has 0 atom stereocenters. The number of nitriles is 1. The predicted molar refractivity (Wildman–Crippen MR) is 65.6 cm³/mol. The van der Waals surface area contributed by atoms with Crippen LogP contribution in [0.3, 0.4) is 0 Å². The molecule has 2 aromatic rings. The minimum Gasteiger partial charge on any atom is -0.243 e. The van der Waals surface area contributed by atoms with Crippen LogP contribution in [0, 0.1) is 11.3 Å². The maximum Gasteiger partial charge on any atom is 0.453 e. The molecule has 4 nitrogen and oxygen atoms in total. The van der Waals surface area contributed by atoms with Crippen molar-refractivity contribution >= 4 is 0 Å². The molecule has 7 heteroatoms. The lowest BCUT2D eigenvalue weighted by Crippen LogP contribution is -2.10. The van der Waals surface area contributed by atoms with Gasteiger partial charge in [0.05, 0.1) is 11.6 Å². The Balaban J connectivity index is 2.54. The monoisotopic (exact) mass is 280 g/mol. The van der Waals surface area contributed by atoms with Crippen molar-refractivity contribution in [3.8, 4) is 17.5 Å². The van der Waals surface area contributed by atoms with Gasteiger partial charge in [0.1, 0.15) is 0 Å². The third-order valence-corrected chi connectivity index (χ3v) is 2.65. The van der Waals surface area contributed by atoms with Crippen molar-refractivity contribution in [2.24, 2.45) is 0 Å². The summed E-state index contributed by atoms with van der Waals surface area (Å²) in [5.41, 5.74) is 0.918. The lowest BCUT2D eigenvalue weighted by Gasteiger charge is -2.09. The minimum atomic E-state index is -4.58. The van der Waals surface area contributed by atoms with Crippen LogP contribution < -0.4 is 0 Å². The molecule has 0 aliphatic heterocycles. The fraction of sp³-hybridized carbons (Fsp3) is 0.308. The second kappa shape index (κ2) is 4.96. The standard InChI is InChI=1S/C13H11F3N4/c1-8(2)20-11(18-12(19-20)13(14,15)16)10-5-3-9(7-17)4-6-10/h3-6,8H,1-2H3. The molecule has 0 saturated carbocycles. The maximum atomic E-state index is 12.7. The molecule has 20 heavy (non-hydrogen) atoms. The zero-order valence-corrected chi connectivity index (χ0v) is 10.8. The van der Waals surface area contributed by atoms with Gasteiger partial charge in [-0.15, -0.1) is 5.10 Å². The Hall–Kier alpha value is -2.36. The van der Waals surface area contributed by atoms with E-state index in [1.165, 1.54) is 16.8 Å². The van der Waals surface area contributed by atoms with E-state index >= 15 is 0 Å². The van der Waals surface area contributed by atoms with Crippen molar-refractivity contribution in [2.75, 3.05) is 0 Å². The minimum absolute atomic E-state index is 0.136. The van der Waals surface area contributed by atoms with Crippen molar-refractivity contribution in [2.45, 2.75) is 26.1 Å². The number of benzene rings is 1. The SMILES string of the molecule is CC(C)n1nc(C(F)(F)F)nc1-c1ccc(C#N)cc1. The molecule has 0 N–H and O–H groups in total. The Labute approximate surface area is 113 Å². The number of alkyl halides is 3. The van der Waals surface area contributed by atoms with Crippen molar-refractivity contribution in [1.82, 2.24) is 14.8 Å². The van der Waals surface area contributed by atoms with Crippen LogP contribution in [0.15, 0.2) is 24.3 Å². The number of aromatic nitrogens is 3. The third kappa shape index (κ3) is 2.64. The van der Waals surface area contributed by atoms with E-state index in [9.17, 15) is 13.2 Å². The van der Waals surface area contributed by atoms with Gasteiger partial charge in [-0.05, 0) is 38.1 Å². The summed E-state index contributed by atoms with van der Waals surface area (Å²) in [5.74, 6) is -1.03. The molecule has 1 aromatic heterocycles. The molecular weight excluding hydrogens is 269 g/mol. The summed E-state index contributed by atoms with van der Waals surface area (Å²) in [6, 6.07) is 7.86. The Kier molecular flexibility index (Phi) is 3.49. The van der Waals surface area contributed by atoms with Gasteiger partial charge in [0.15, 0.2) is 5.82 Å². The summed E-state index contributed by atoms with van der Waals surface area (Å²) >= 11 is 0. The van der Waals surface area contributed by atoms with Crippen molar-refractivity contribution in [1.29, 1.82) is 5.26 Å². The average molecular weight is 280 g/mol. The Morgan fingerprint density at radius 1 is 1.20 bits per heavy atom. The van der Waals surface area contributed by atoms with Gasteiger partial charge < -0.3 is 0 Å². The summed E-state index contributed by atoms with van der Waals surface area (Å²) in [6.07, 6.45) is -4.58. The highest BCUT2D eigenvalue weighted by Gasteiger charge is 2.37. The van der Waals surface area contributed by atoms with E-state index in [1.807, 2.05) is 6.07 Å². The van der Waals surface area contributed by atoms with Crippen LogP contribution in [-0.4, -0.2) is 14.8 Å². The number of hydrogen-bond donors (Lipinski definition) is 0. The highest BCUT2D eigenvalue weighted by Crippen LogP contribution is 2.30. The van der Waals surface area contributed by atoms with Gasteiger partial charge in [0.2, 0.25) is 0 Å². The number of hydrogen-bond acceptors (Lipinski definition) is 3. The first-order valence-electron chi connectivity index (χ1n) is 5.87. The molecule has 1 aromatic carbocycles. The molecule has 0 unspecified atom stereocenters. The van der Waals surface area contributed by atoms with Crippen LogP contribution in [0.2, 0.25) is 0 Å². The van der Waals surface area contributed by atoms with E-state index in [2.05, 4.69) is 10.1 Å². The number of halogens is 3. The van der Waals surface area contributed by atoms with Gasteiger partial charge in [-0.3, -0.25) is 0 Å². The molecule has 0 spiro atoms. The van der Waals surface area contributed by atoms with Crippen LogP contribution >= 0.6 is 0 Å². The fourth-order valence-corrected chi connectivity index (χ4v) is 1.69. The van der Waals surface area contributed by atoms with E-state index in [-0.39, 0.29) is 11.9 Å². The molecule has 2 rings (SSSR count). The summed E-state index contributed by atoms with van der Waals surface area (Å²) < 4.78 is 39.3. The van der Waals surface area contributed by atoms with Crippen LogP contribution in [0.1, 0.15) is 31.3 Å². The van der Waals surface area contributed by atoms with Gasteiger partial charge in [-0.2, -0.15) is 18.4 Å². The van der Waals surface area contributed by atoms with Crippen molar-refractivity contribution in [3.05, 3.63) is 35.7 Å². The molecule has 0 amide bonds. The zero-order valence-electron chi connectivity index (χ0n) is 10.8. The summed E-state index contributed by atoms with van der Waals surface area (Å²) in [4.78, 5) is 3.57. The molecule has 0 fully saturated rings. The van der Waals surface area contributed by atoms with Gasteiger partial charge >= 0.3 is 6.18 Å². The van der Waals surface area contributed by atoms with Gasteiger partial charge in [-0.25, -0.2) is 9.67 Å². The van der Waals surface area contributed by atoms with E-state index in [1.54, 1.807) is 26.0 Å². The Morgan fingerprint density at radius 2 is 1.80 bits per heavy atom. The summed E-state index contributed by atoms with van der Waals surface area (Å²) in [5, 5.41) is 12.2. The normalized spacial score (nSPS) is 11.7. The largest absolute Gasteiger partial charge is 0.453 e. The Morgan fingerprint density at radius 3 is 2.25 bits per heavy atom. The molecule has 1 heterocycles. The predicted octanol–water partition coefficient (Wildman–Crippen LogP) is 3.42. The third-order valence-electron chi connectivity index (χ3n) is 2.65. The van der Waals surface area contributed by atoms with Gasteiger partial charge in [-0.1, -0.05) is 0 Å². The van der Waals surface area contributed by atoms with Gasteiger partial charge in [0, 0.05) is 11.6 Å². The number of rotatable bonds is 2. The van der Waals surface area contributed by atoms with Crippen LogP contribution in [-0.2, 0) is 6.18 Å². The van der Waals surface area contributed by atoms with E-state index < -0.39 is 12.0 Å². The first-order valence-corrected chi connectivity index (χ1v) is 5.87. The van der Waals surface area contributed by atoms with Crippen LogP contribution in [0.25, 0.3) is 11.4 Å². The van der Waals surface area contributed by atoms with Crippen molar-refractivity contribution in [3.63, 3.8) is 0 Å². The molecule has 0 aliphatic carbocycles. The first-order chi connectivity index (χ1) is 9.32. The maximum absolute atomic E-state index is 12.7. The smallest absolute Gasteiger partial charge is 0.243 e. The van der Waals surface area contributed by atoms with E-state index in [0.717, 1.165) is 0 Å². The molecule has 0 radical (unpaired) electrons.